The van der Waals surface area contributed by atoms with Crippen LogP contribution in [0.25, 0.3) is 0 Å². The van der Waals surface area contributed by atoms with Crippen molar-refractivity contribution in [3.05, 3.63) is 35.4 Å². The first-order valence-corrected chi connectivity index (χ1v) is 4.28. The maximum absolute atomic E-state index is 10.9. The van der Waals surface area contributed by atoms with Crippen LogP contribution in [-0.4, -0.2) is 17.0 Å². The first kappa shape index (κ1) is 11.2. The molecule has 1 amide bonds. The second-order valence-electron chi connectivity index (χ2n) is 3.45. The van der Waals surface area contributed by atoms with E-state index >= 15 is 0 Å². The number of carboxylic acids is 1. The van der Waals surface area contributed by atoms with E-state index in [1.807, 2.05) is 0 Å². The molecule has 1 aromatic rings. The van der Waals surface area contributed by atoms with Gasteiger partial charge in [0, 0.05) is 5.56 Å². The van der Waals surface area contributed by atoms with Crippen LogP contribution in [-0.2, 0) is 10.3 Å². The fourth-order valence-corrected chi connectivity index (χ4v) is 1.12. The Morgan fingerprint density at radius 3 is 2.47 bits per heavy atom. The van der Waals surface area contributed by atoms with Crippen molar-refractivity contribution in [3.63, 3.8) is 0 Å². The standard InChI is InChI=1S/C10H12N2O3/c1-10(12,9(14)15)7-4-2-3-6(5-7)8(11)13/h2-5H,12H2,1H3,(H2,11,13)(H,14,15)/t10-/m1/s1. The van der Waals surface area contributed by atoms with Crippen molar-refractivity contribution >= 4 is 11.9 Å². The lowest BCUT2D eigenvalue weighted by atomic mass is 9.92. The van der Waals surface area contributed by atoms with Gasteiger partial charge in [0.15, 0.2) is 0 Å². The van der Waals surface area contributed by atoms with Gasteiger partial charge in [-0.1, -0.05) is 12.1 Å². The average molecular weight is 208 g/mol. The van der Waals surface area contributed by atoms with Gasteiger partial charge in [-0.25, -0.2) is 4.79 Å². The van der Waals surface area contributed by atoms with Crippen LogP contribution in [0.2, 0.25) is 0 Å². The van der Waals surface area contributed by atoms with E-state index < -0.39 is 17.4 Å². The Bertz CT molecular complexity index is 413. The van der Waals surface area contributed by atoms with E-state index in [1.54, 1.807) is 12.1 Å². The largest absolute Gasteiger partial charge is 0.480 e. The number of amides is 1. The van der Waals surface area contributed by atoms with Gasteiger partial charge in [-0.15, -0.1) is 0 Å². The van der Waals surface area contributed by atoms with E-state index in [9.17, 15) is 9.59 Å². The zero-order chi connectivity index (χ0) is 11.6. The van der Waals surface area contributed by atoms with Gasteiger partial charge >= 0.3 is 5.97 Å². The molecule has 5 nitrogen and oxygen atoms in total. The SMILES string of the molecule is C[C@](N)(C(=O)O)c1cccc(C(N)=O)c1. The Morgan fingerprint density at radius 2 is 2.00 bits per heavy atom. The maximum Gasteiger partial charge on any atom is 0.328 e. The van der Waals surface area contributed by atoms with Gasteiger partial charge in [-0.2, -0.15) is 0 Å². The normalized spacial score (nSPS) is 14.3. The highest BCUT2D eigenvalue weighted by Crippen LogP contribution is 2.18. The number of rotatable bonds is 3. The number of carbonyl (C=O) groups is 2. The molecule has 1 aromatic carbocycles. The van der Waals surface area contributed by atoms with Crippen LogP contribution < -0.4 is 11.5 Å². The molecule has 0 saturated heterocycles. The first-order valence-electron chi connectivity index (χ1n) is 4.28. The Balaban J connectivity index is 3.21. The van der Waals surface area contributed by atoms with E-state index in [2.05, 4.69) is 0 Å². The fourth-order valence-electron chi connectivity index (χ4n) is 1.12. The van der Waals surface area contributed by atoms with E-state index in [0.29, 0.717) is 5.56 Å². The molecule has 80 valence electrons. The van der Waals surface area contributed by atoms with Gasteiger partial charge < -0.3 is 16.6 Å². The second-order valence-corrected chi connectivity index (χ2v) is 3.45. The third kappa shape index (κ3) is 2.13. The van der Waals surface area contributed by atoms with Crippen molar-refractivity contribution in [2.24, 2.45) is 11.5 Å². The third-order valence-corrected chi connectivity index (χ3v) is 2.19. The van der Waals surface area contributed by atoms with Crippen LogP contribution >= 0.6 is 0 Å². The lowest BCUT2D eigenvalue weighted by molar-refractivity contribution is -0.143. The van der Waals surface area contributed by atoms with Crippen LogP contribution in [0.3, 0.4) is 0 Å². The summed E-state index contributed by atoms with van der Waals surface area (Å²) in [5.74, 6) is -1.78. The van der Waals surface area contributed by atoms with Crippen molar-refractivity contribution in [1.82, 2.24) is 0 Å². The van der Waals surface area contributed by atoms with Crippen LogP contribution in [0, 0.1) is 0 Å². The molecule has 1 atom stereocenters. The lowest BCUT2D eigenvalue weighted by Gasteiger charge is -2.19. The van der Waals surface area contributed by atoms with Crippen LogP contribution in [0.15, 0.2) is 24.3 Å². The molecular formula is C10H12N2O3. The number of aliphatic carboxylic acids is 1. The summed E-state index contributed by atoms with van der Waals surface area (Å²) in [6.07, 6.45) is 0. The molecule has 0 aliphatic rings. The second kappa shape index (κ2) is 3.70. The predicted octanol–water partition coefficient (Wildman–Crippen LogP) is 0.0440. The van der Waals surface area contributed by atoms with Crippen LogP contribution in [0.5, 0.6) is 0 Å². The molecule has 0 bridgehead atoms. The van der Waals surface area contributed by atoms with Gasteiger partial charge in [0.1, 0.15) is 5.54 Å². The molecule has 15 heavy (non-hydrogen) atoms. The highest BCUT2D eigenvalue weighted by atomic mass is 16.4. The summed E-state index contributed by atoms with van der Waals surface area (Å²) >= 11 is 0. The summed E-state index contributed by atoms with van der Waals surface area (Å²) in [6.45, 7) is 1.36. The monoisotopic (exact) mass is 208 g/mol. The van der Waals surface area contributed by atoms with Gasteiger partial charge in [0.25, 0.3) is 0 Å². The topological polar surface area (TPSA) is 106 Å². The number of hydrogen-bond acceptors (Lipinski definition) is 3. The summed E-state index contributed by atoms with van der Waals surface area (Å²) in [5, 5.41) is 8.88. The van der Waals surface area contributed by atoms with Gasteiger partial charge in [-0.3, -0.25) is 4.79 Å². The molecule has 0 heterocycles. The van der Waals surface area contributed by atoms with E-state index in [4.69, 9.17) is 16.6 Å². The highest BCUT2D eigenvalue weighted by Gasteiger charge is 2.30. The number of nitrogens with two attached hydrogens (primary N) is 2. The Labute approximate surface area is 86.7 Å². The molecule has 0 spiro atoms. The Morgan fingerprint density at radius 1 is 1.40 bits per heavy atom. The number of hydrogen-bond donors (Lipinski definition) is 3. The van der Waals surface area contributed by atoms with Crippen molar-refractivity contribution in [3.8, 4) is 0 Å². The van der Waals surface area contributed by atoms with Gasteiger partial charge in [-0.05, 0) is 24.6 Å². The summed E-state index contributed by atoms with van der Waals surface area (Å²) in [7, 11) is 0. The van der Waals surface area contributed by atoms with E-state index in [-0.39, 0.29) is 5.56 Å². The van der Waals surface area contributed by atoms with Gasteiger partial charge in [0.2, 0.25) is 5.91 Å². The van der Waals surface area contributed by atoms with Crippen molar-refractivity contribution in [2.75, 3.05) is 0 Å². The highest BCUT2D eigenvalue weighted by molar-refractivity contribution is 5.93. The molecule has 1 rings (SSSR count). The van der Waals surface area contributed by atoms with E-state index in [0.717, 1.165) is 0 Å². The molecule has 0 fully saturated rings. The Kier molecular flexibility index (Phi) is 2.76. The molecule has 0 aliphatic carbocycles. The minimum absolute atomic E-state index is 0.241. The lowest BCUT2D eigenvalue weighted by Crippen LogP contribution is -2.41. The quantitative estimate of drug-likeness (QED) is 0.652. The van der Waals surface area contributed by atoms with E-state index in [1.165, 1.54) is 19.1 Å². The molecule has 0 aliphatic heterocycles. The molecule has 0 saturated carbocycles. The molecular weight excluding hydrogens is 196 g/mol. The number of carboxylic acid groups (broad SMARTS) is 1. The minimum Gasteiger partial charge on any atom is -0.480 e. The zero-order valence-corrected chi connectivity index (χ0v) is 8.23. The predicted molar refractivity (Wildman–Crippen MR) is 54.1 cm³/mol. The minimum atomic E-state index is -1.52. The van der Waals surface area contributed by atoms with Crippen molar-refractivity contribution < 1.29 is 14.7 Å². The number of primary amides is 1. The summed E-state index contributed by atoms with van der Waals surface area (Å²) < 4.78 is 0. The fraction of sp³-hybridized carbons (Fsp3) is 0.200. The van der Waals surface area contributed by atoms with Crippen molar-refractivity contribution in [2.45, 2.75) is 12.5 Å². The first-order chi connectivity index (χ1) is 6.85. The third-order valence-electron chi connectivity index (χ3n) is 2.19. The maximum atomic E-state index is 10.9. The Hall–Kier alpha value is -1.88. The zero-order valence-electron chi connectivity index (χ0n) is 8.23. The van der Waals surface area contributed by atoms with Crippen LogP contribution in [0.4, 0.5) is 0 Å². The van der Waals surface area contributed by atoms with Gasteiger partial charge in [0.05, 0.1) is 0 Å². The molecule has 5 heteroatoms. The van der Waals surface area contributed by atoms with Crippen LogP contribution in [0.1, 0.15) is 22.8 Å². The summed E-state index contributed by atoms with van der Waals surface area (Å²) in [5.41, 5.74) is 9.73. The molecule has 5 N–H and O–H groups in total. The summed E-state index contributed by atoms with van der Waals surface area (Å²) in [6, 6.07) is 5.98. The number of carbonyl (C=O) groups excluding carboxylic acids is 1. The molecule has 0 radical (unpaired) electrons. The summed E-state index contributed by atoms with van der Waals surface area (Å²) in [4.78, 5) is 21.7. The smallest absolute Gasteiger partial charge is 0.328 e. The average Bonchev–Trinajstić information content (AvgIpc) is 2.17. The molecule has 0 unspecified atom stereocenters. The molecule has 0 aromatic heterocycles. The van der Waals surface area contributed by atoms with Crippen molar-refractivity contribution in [1.29, 1.82) is 0 Å². The number of benzene rings is 1.